The molecule has 0 atom stereocenters. The molecule has 0 amide bonds. The molecule has 0 saturated heterocycles. The summed E-state index contributed by atoms with van der Waals surface area (Å²) in [6.07, 6.45) is 5.00. The summed E-state index contributed by atoms with van der Waals surface area (Å²) >= 11 is 0. The molecule has 12 heavy (non-hydrogen) atoms. The molecule has 0 aromatic carbocycles. The molecule has 1 aromatic rings. The van der Waals surface area contributed by atoms with Gasteiger partial charge in [-0.15, -0.1) is 0 Å². The van der Waals surface area contributed by atoms with Crippen LogP contribution >= 0.6 is 0 Å². The van der Waals surface area contributed by atoms with Crippen LogP contribution in [-0.4, -0.2) is 9.55 Å². The monoisotopic (exact) mass is 204 g/mol. The molecule has 0 aliphatic rings. The van der Waals surface area contributed by atoms with Crippen molar-refractivity contribution < 1.29 is 18.6 Å². The fourth-order valence-corrected chi connectivity index (χ4v) is 0.991. The molecule has 0 bridgehead atoms. The number of aryl methyl sites for hydroxylation is 1. The molecule has 3 heteroatoms. The van der Waals surface area contributed by atoms with Crippen LogP contribution in [0.2, 0.25) is 0 Å². The second-order valence-corrected chi connectivity index (χ2v) is 3.13. The van der Waals surface area contributed by atoms with Gasteiger partial charge in [0.2, 0.25) is 0 Å². The van der Waals surface area contributed by atoms with E-state index in [2.05, 4.69) is 25.0 Å². The molecule has 2 nitrogen and oxygen atoms in total. The number of imidazole rings is 1. The minimum Gasteiger partial charge on any atom is -0.358 e. The van der Waals surface area contributed by atoms with Gasteiger partial charge in [-0.25, -0.2) is 4.98 Å². The van der Waals surface area contributed by atoms with Crippen LogP contribution in [0, 0.1) is 13.3 Å². The van der Waals surface area contributed by atoms with E-state index in [1.807, 2.05) is 17.9 Å². The summed E-state index contributed by atoms with van der Waals surface area (Å²) in [5.74, 6) is 0.704. The zero-order chi connectivity index (χ0) is 7.56. The summed E-state index contributed by atoms with van der Waals surface area (Å²) in [6.45, 7) is 4.41. The maximum atomic E-state index is 4.22. The maximum Gasteiger partial charge on any atom is 0.0946 e. The van der Waals surface area contributed by atoms with Crippen LogP contribution in [0.4, 0.5) is 0 Å². The smallest absolute Gasteiger partial charge is 0.0946 e. The summed E-state index contributed by atoms with van der Waals surface area (Å²) < 4.78 is 1.98. The topological polar surface area (TPSA) is 17.8 Å². The Morgan fingerprint density at radius 3 is 2.42 bits per heavy atom. The first-order chi connectivity index (χ1) is 4.68. The second-order valence-electron chi connectivity index (χ2n) is 3.13. The number of nitrogens with zero attached hydrogens (tertiary/aromatic N) is 2. The van der Waals surface area contributed by atoms with Gasteiger partial charge < -0.3 is 12.0 Å². The molecular formula is C9H17N2V-. The second kappa shape index (κ2) is 6.33. The van der Waals surface area contributed by atoms with E-state index in [-0.39, 0.29) is 26.0 Å². The van der Waals surface area contributed by atoms with Crippen molar-refractivity contribution in [1.29, 1.82) is 0 Å². The summed E-state index contributed by atoms with van der Waals surface area (Å²) in [5.41, 5.74) is 1.19. The molecule has 1 aromatic heterocycles. The van der Waals surface area contributed by atoms with Gasteiger partial charge in [-0.05, 0) is 12.3 Å². The van der Waals surface area contributed by atoms with Crippen molar-refractivity contribution in [2.45, 2.75) is 20.3 Å². The minimum atomic E-state index is 0. The predicted octanol–water partition coefficient (Wildman–Crippen LogP) is 2.07. The zero-order valence-corrected chi connectivity index (χ0v) is 9.68. The number of aromatic nitrogens is 2. The fourth-order valence-electron chi connectivity index (χ4n) is 0.991. The van der Waals surface area contributed by atoms with Crippen LogP contribution in [0.25, 0.3) is 0 Å². The summed E-state index contributed by atoms with van der Waals surface area (Å²) in [6, 6.07) is 0. The van der Waals surface area contributed by atoms with Gasteiger partial charge in [-0.3, -0.25) is 0 Å². The minimum absolute atomic E-state index is 0. The SMILES string of the molecule is CC(C)Cc1cn(C)cn1.[CH3-].[V]. The Balaban J connectivity index is 0. The van der Waals surface area contributed by atoms with Gasteiger partial charge in [0.25, 0.3) is 0 Å². The Morgan fingerprint density at radius 2 is 2.08 bits per heavy atom. The van der Waals surface area contributed by atoms with Gasteiger partial charge in [0.15, 0.2) is 0 Å². The first-order valence-electron chi connectivity index (χ1n) is 3.65. The first-order valence-corrected chi connectivity index (χ1v) is 3.65. The normalized spacial score (nSPS) is 9.00. The Kier molecular flexibility index (Phi) is 7.55. The van der Waals surface area contributed by atoms with Crippen LogP contribution in [0.15, 0.2) is 12.5 Å². The molecule has 0 aliphatic heterocycles. The van der Waals surface area contributed by atoms with Gasteiger partial charge >= 0.3 is 0 Å². The number of hydrogen-bond acceptors (Lipinski definition) is 1. The Hall–Kier alpha value is -0.206. The third-order valence-electron chi connectivity index (χ3n) is 1.38. The summed E-state index contributed by atoms with van der Waals surface area (Å²) in [7, 11) is 2.00. The largest absolute Gasteiger partial charge is 0.358 e. The van der Waals surface area contributed by atoms with Crippen molar-refractivity contribution in [1.82, 2.24) is 9.55 Å². The van der Waals surface area contributed by atoms with Crippen molar-refractivity contribution >= 4 is 0 Å². The molecule has 1 radical (unpaired) electrons. The Morgan fingerprint density at radius 1 is 1.50 bits per heavy atom. The van der Waals surface area contributed by atoms with Gasteiger partial charge in [0, 0.05) is 31.8 Å². The van der Waals surface area contributed by atoms with E-state index in [1.54, 1.807) is 0 Å². The van der Waals surface area contributed by atoms with Crippen LogP contribution in [0.1, 0.15) is 19.5 Å². The molecule has 0 spiro atoms. The Bertz CT molecular complexity index is 206. The van der Waals surface area contributed by atoms with Crippen molar-refractivity contribution in [3.8, 4) is 0 Å². The molecule has 0 aliphatic carbocycles. The molecule has 1 heterocycles. The van der Waals surface area contributed by atoms with Crippen LogP contribution in [0.3, 0.4) is 0 Å². The number of hydrogen-bond donors (Lipinski definition) is 0. The van der Waals surface area contributed by atoms with E-state index in [0.717, 1.165) is 6.42 Å². The summed E-state index contributed by atoms with van der Waals surface area (Å²) in [5, 5.41) is 0. The van der Waals surface area contributed by atoms with E-state index in [0.29, 0.717) is 5.92 Å². The van der Waals surface area contributed by atoms with E-state index >= 15 is 0 Å². The molecule has 69 valence electrons. The van der Waals surface area contributed by atoms with E-state index < -0.39 is 0 Å². The summed E-state index contributed by atoms with van der Waals surface area (Å²) in [4.78, 5) is 4.22. The molecular weight excluding hydrogens is 187 g/mol. The van der Waals surface area contributed by atoms with Gasteiger partial charge in [0.05, 0.1) is 12.0 Å². The molecule has 0 fully saturated rings. The quantitative estimate of drug-likeness (QED) is 0.674. The third kappa shape index (κ3) is 4.63. The van der Waals surface area contributed by atoms with E-state index in [9.17, 15) is 0 Å². The molecule has 0 saturated carbocycles. The number of rotatable bonds is 2. The average Bonchev–Trinajstić information content (AvgIpc) is 2.13. The van der Waals surface area contributed by atoms with Crippen molar-refractivity contribution in [2.75, 3.05) is 0 Å². The maximum absolute atomic E-state index is 4.22. The average molecular weight is 204 g/mol. The molecule has 0 N–H and O–H groups in total. The standard InChI is InChI=1S/C8H14N2.CH3.V/c1-7(2)4-8-5-10(3)6-9-8;;/h5-7H,4H2,1-3H3;1H3;/q;-1;. The van der Waals surface area contributed by atoms with Crippen LogP contribution in [-0.2, 0) is 32.0 Å². The van der Waals surface area contributed by atoms with Crippen LogP contribution in [0.5, 0.6) is 0 Å². The van der Waals surface area contributed by atoms with Crippen molar-refractivity contribution in [2.24, 2.45) is 13.0 Å². The predicted molar refractivity (Wildman–Crippen MR) is 48.2 cm³/mol. The fraction of sp³-hybridized carbons (Fsp3) is 0.556. The van der Waals surface area contributed by atoms with Gasteiger partial charge in [-0.1, -0.05) is 13.8 Å². The van der Waals surface area contributed by atoms with E-state index in [1.165, 1.54) is 5.69 Å². The first kappa shape index (κ1) is 14.3. The van der Waals surface area contributed by atoms with Crippen LogP contribution < -0.4 is 0 Å². The van der Waals surface area contributed by atoms with Gasteiger partial charge in [-0.2, -0.15) is 0 Å². The van der Waals surface area contributed by atoms with Gasteiger partial charge in [0.1, 0.15) is 0 Å². The zero-order valence-electron chi connectivity index (χ0n) is 8.28. The van der Waals surface area contributed by atoms with Crippen molar-refractivity contribution in [3.05, 3.63) is 25.6 Å². The Labute approximate surface area is 87.3 Å². The molecule has 1 rings (SSSR count). The third-order valence-corrected chi connectivity index (χ3v) is 1.38. The van der Waals surface area contributed by atoms with E-state index in [4.69, 9.17) is 0 Å². The van der Waals surface area contributed by atoms with Crippen molar-refractivity contribution in [3.63, 3.8) is 0 Å². The molecule has 0 unspecified atom stereocenters.